The van der Waals surface area contributed by atoms with Crippen molar-refractivity contribution in [2.45, 2.75) is 32.1 Å². The van der Waals surface area contributed by atoms with Gasteiger partial charge in [0.1, 0.15) is 13.2 Å². The second kappa shape index (κ2) is 4.81. The van der Waals surface area contributed by atoms with Gasteiger partial charge in [-0.3, -0.25) is 0 Å². The number of fused-ring (bicyclic) bond motifs is 1. The van der Waals surface area contributed by atoms with E-state index >= 15 is 0 Å². The van der Waals surface area contributed by atoms with Crippen LogP contribution in [0.4, 0.5) is 0 Å². The molecule has 98 valence electrons. The molecule has 3 nitrogen and oxygen atoms in total. The Hall–Kier alpha value is -1.22. The zero-order chi connectivity index (χ0) is 12.4. The first kappa shape index (κ1) is 11.8. The molecule has 2 aliphatic rings. The summed E-state index contributed by atoms with van der Waals surface area (Å²) in [5.41, 5.74) is 7.65. The van der Waals surface area contributed by atoms with Gasteiger partial charge in [-0.25, -0.2) is 0 Å². The third-order valence-corrected chi connectivity index (χ3v) is 4.28. The van der Waals surface area contributed by atoms with Crippen molar-refractivity contribution < 1.29 is 9.47 Å². The zero-order valence-corrected chi connectivity index (χ0v) is 10.8. The molecular formula is C15H21NO2. The SMILES string of the molecule is NCC1(Cc2ccc3c(c2)OCCO3)CCCC1. The fourth-order valence-corrected chi connectivity index (χ4v) is 3.21. The van der Waals surface area contributed by atoms with Crippen LogP contribution in [-0.2, 0) is 6.42 Å². The van der Waals surface area contributed by atoms with E-state index in [1.807, 2.05) is 6.07 Å². The molecule has 0 aromatic heterocycles. The molecule has 1 aromatic carbocycles. The average Bonchev–Trinajstić information content (AvgIpc) is 2.88. The third-order valence-electron chi connectivity index (χ3n) is 4.28. The van der Waals surface area contributed by atoms with Crippen molar-refractivity contribution >= 4 is 0 Å². The van der Waals surface area contributed by atoms with Gasteiger partial charge in [0.05, 0.1) is 0 Å². The van der Waals surface area contributed by atoms with Crippen molar-refractivity contribution in [2.75, 3.05) is 19.8 Å². The predicted molar refractivity (Wildman–Crippen MR) is 71.1 cm³/mol. The van der Waals surface area contributed by atoms with E-state index in [2.05, 4.69) is 12.1 Å². The second-order valence-electron chi connectivity index (χ2n) is 5.57. The topological polar surface area (TPSA) is 44.5 Å². The Morgan fingerprint density at radius 3 is 2.50 bits per heavy atom. The maximum Gasteiger partial charge on any atom is 0.161 e. The highest BCUT2D eigenvalue weighted by Crippen LogP contribution is 2.41. The summed E-state index contributed by atoms with van der Waals surface area (Å²) in [4.78, 5) is 0. The molecule has 1 aliphatic carbocycles. The summed E-state index contributed by atoms with van der Waals surface area (Å²) in [5, 5.41) is 0. The number of rotatable bonds is 3. The van der Waals surface area contributed by atoms with Gasteiger partial charge < -0.3 is 15.2 Å². The molecule has 1 saturated carbocycles. The molecule has 0 radical (unpaired) electrons. The smallest absolute Gasteiger partial charge is 0.161 e. The molecule has 0 atom stereocenters. The van der Waals surface area contributed by atoms with Crippen LogP contribution < -0.4 is 15.2 Å². The van der Waals surface area contributed by atoms with E-state index in [1.54, 1.807) is 0 Å². The lowest BCUT2D eigenvalue weighted by molar-refractivity contribution is 0.171. The fourth-order valence-electron chi connectivity index (χ4n) is 3.21. The minimum atomic E-state index is 0.323. The largest absolute Gasteiger partial charge is 0.486 e. The fraction of sp³-hybridized carbons (Fsp3) is 0.600. The Morgan fingerprint density at radius 2 is 1.78 bits per heavy atom. The van der Waals surface area contributed by atoms with Crippen LogP contribution in [0.25, 0.3) is 0 Å². The molecule has 0 bridgehead atoms. The Bertz CT molecular complexity index is 425. The van der Waals surface area contributed by atoms with Crippen molar-refractivity contribution in [1.82, 2.24) is 0 Å². The van der Waals surface area contributed by atoms with Crippen LogP contribution >= 0.6 is 0 Å². The monoisotopic (exact) mass is 247 g/mol. The van der Waals surface area contributed by atoms with Gasteiger partial charge in [0.2, 0.25) is 0 Å². The van der Waals surface area contributed by atoms with E-state index in [0.29, 0.717) is 18.6 Å². The first-order valence-electron chi connectivity index (χ1n) is 6.90. The zero-order valence-electron chi connectivity index (χ0n) is 10.8. The highest BCUT2D eigenvalue weighted by molar-refractivity contribution is 5.44. The van der Waals surface area contributed by atoms with Gasteiger partial charge in [-0.2, -0.15) is 0 Å². The van der Waals surface area contributed by atoms with Crippen LogP contribution in [0.3, 0.4) is 0 Å². The summed E-state index contributed by atoms with van der Waals surface area (Å²) < 4.78 is 11.2. The minimum absolute atomic E-state index is 0.323. The quantitative estimate of drug-likeness (QED) is 0.892. The molecule has 1 heterocycles. The van der Waals surface area contributed by atoms with Crippen molar-refractivity contribution in [3.05, 3.63) is 23.8 Å². The Labute approximate surface area is 108 Å². The first-order valence-corrected chi connectivity index (χ1v) is 6.90. The molecule has 1 aliphatic heterocycles. The number of nitrogens with two attached hydrogens (primary N) is 1. The van der Waals surface area contributed by atoms with Gasteiger partial charge in [0.25, 0.3) is 0 Å². The Morgan fingerprint density at radius 1 is 1.06 bits per heavy atom. The van der Waals surface area contributed by atoms with E-state index in [4.69, 9.17) is 15.2 Å². The van der Waals surface area contributed by atoms with E-state index in [1.165, 1.54) is 31.2 Å². The van der Waals surface area contributed by atoms with Crippen molar-refractivity contribution in [3.8, 4) is 11.5 Å². The Kier molecular flexibility index (Phi) is 3.16. The second-order valence-corrected chi connectivity index (χ2v) is 5.57. The van der Waals surface area contributed by atoms with Gasteiger partial charge >= 0.3 is 0 Å². The van der Waals surface area contributed by atoms with Gasteiger partial charge in [-0.05, 0) is 48.9 Å². The Balaban J connectivity index is 1.80. The molecule has 0 saturated heterocycles. The van der Waals surface area contributed by atoms with Crippen LogP contribution in [0.2, 0.25) is 0 Å². The number of ether oxygens (including phenoxy) is 2. The van der Waals surface area contributed by atoms with Crippen LogP contribution in [0.1, 0.15) is 31.2 Å². The molecule has 3 heteroatoms. The summed E-state index contributed by atoms with van der Waals surface area (Å²) in [6, 6.07) is 6.32. The van der Waals surface area contributed by atoms with Crippen molar-refractivity contribution in [1.29, 1.82) is 0 Å². The lowest BCUT2D eigenvalue weighted by Crippen LogP contribution is -2.29. The summed E-state index contributed by atoms with van der Waals surface area (Å²) in [7, 11) is 0. The summed E-state index contributed by atoms with van der Waals surface area (Å²) in [6.07, 6.45) is 6.24. The van der Waals surface area contributed by atoms with Crippen LogP contribution in [0, 0.1) is 5.41 Å². The molecule has 1 fully saturated rings. The summed E-state index contributed by atoms with van der Waals surface area (Å²) >= 11 is 0. The van der Waals surface area contributed by atoms with Gasteiger partial charge in [0, 0.05) is 0 Å². The highest BCUT2D eigenvalue weighted by Gasteiger charge is 2.32. The normalized spacial score (nSPS) is 20.9. The number of hydrogen-bond acceptors (Lipinski definition) is 3. The first-order chi connectivity index (χ1) is 8.81. The van der Waals surface area contributed by atoms with Crippen molar-refractivity contribution in [3.63, 3.8) is 0 Å². The van der Waals surface area contributed by atoms with Crippen LogP contribution in [-0.4, -0.2) is 19.8 Å². The summed E-state index contributed by atoms with van der Waals surface area (Å²) in [6.45, 7) is 2.10. The van der Waals surface area contributed by atoms with E-state index in [-0.39, 0.29) is 0 Å². The average molecular weight is 247 g/mol. The molecule has 1 aromatic rings. The standard InChI is InChI=1S/C15H21NO2/c16-11-15(5-1-2-6-15)10-12-3-4-13-14(9-12)18-8-7-17-13/h3-4,9H,1-2,5-8,10-11,16H2. The number of hydrogen-bond donors (Lipinski definition) is 1. The van der Waals surface area contributed by atoms with Crippen LogP contribution in [0.15, 0.2) is 18.2 Å². The van der Waals surface area contributed by atoms with E-state index < -0.39 is 0 Å². The van der Waals surface area contributed by atoms with Crippen molar-refractivity contribution in [2.24, 2.45) is 11.1 Å². The van der Waals surface area contributed by atoms with Gasteiger partial charge in [0.15, 0.2) is 11.5 Å². The van der Waals surface area contributed by atoms with E-state index in [0.717, 1.165) is 24.5 Å². The predicted octanol–water partition coefficient (Wildman–Crippen LogP) is 2.52. The lowest BCUT2D eigenvalue weighted by Gasteiger charge is -2.28. The number of benzene rings is 1. The highest BCUT2D eigenvalue weighted by atomic mass is 16.6. The molecule has 0 unspecified atom stereocenters. The maximum atomic E-state index is 6.00. The molecule has 2 N–H and O–H groups in total. The van der Waals surface area contributed by atoms with Gasteiger partial charge in [-0.1, -0.05) is 18.9 Å². The molecule has 0 spiro atoms. The molecule has 3 rings (SSSR count). The maximum absolute atomic E-state index is 6.00. The van der Waals surface area contributed by atoms with Crippen LogP contribution in [0.5, 0.6) is 11.5 Å². The molecule has 18 heavy (non-hydrogen) atoms. The molecular weight excluding hydrogens is 226 g/mol. The van der Waals surface area contributed by atoms with Gasteiger partial charge in [-0.15, -0.1) is 0 Å². The third kappa shape index (κ3) is 2.19. The summed E-state index contributed by atoms with van der Waals surface area (Å²) in [5.74, 6) is 1.77. The minimum Gasteiger partial charge on any atom is -0.486 e. The lowest BCUT2D eigenvalue weighted by atomic mass is 9.80. The van der Waals surface area contributed by atoms with E-state index in [9.17, 15) is 0 Å². The molecule has 0 amide bonds.